The van der Waals surface area contributed by atoms with Crippen molar-refractivity contribution in [1.82, 2.24) is 10.3 Å². The van der Waals surface area contributed by atoms with Gasteiger partial charge in [-0.1, -0.05) is 13.3 Å². The summed E-state index contributed by atoms with van der Waals surface area (Å²) in [7, 11) is 0. The molecule has 0 bridgehead atoms. The van der Waals surface area contributed by atoms with Crippen LogP contribution in [-0.4, -0.2) is 17.4 Å². The van der Waals surface area contributed by atoms with E-state index in [4.69, 9.17) is 0 Å². The Morgan fingerprint density at radius 2 is 2.19 bits per heavy atom. The van der Waals surface area contributed by atoms with Crippen LogP contribution in [0.15, 0.2) is 10.9 Å². The number of aromatic amines is 1. The molecule has 0 spiro atoms. The summed E-state index contributed by atoms with van der Waals surface area (Å²) in [6, 6.07) is 1.65. The zero-order chi connectivity index (χ0) is 12.1. The fraction of sp³-hybridized carbons (Fsp3) is 0.455. The Balaban J connectivity index is 3.10. The second-order valence-corrected chi connectivity index (χ2v) is 4.61. The first-order valence-corrected chi connectivity index (χ1v) is 6.37. The van der Waals surface area contributed by atoms with Gasteiger partial charge in [-0.05, 0) is 42.0 Å². The van der Waals surface area contributed by atoms with Crippen molar-refractivity contribution in [3.8, 4) is 0 Å². The molecule has 1 amide bonds. The first-order chi connectivity index (χ1) is 7.60. The summed E-state index contributed by atoms with van der Waals surface area (Å²) in [5.41, 5.74) is 0.780. The van der Waals surface area contributed by atoms with Gasteiger partial charge in [0, 0.05) is 15.8 Å². The average Bonchev–Trinajstić information content (AvgIpc) is 2.23. The Morgan fingerprint density at radius 3 is 2.75 bits per heavy atom. The maximum Gasteiger partial charge on any atom is 0.261 e. The predicted molar refractivity (Wildman–Crippen MR) is 71.8 cm³/mol. The number of hydrogen-bond acceptors (Lipinski definition) is 2. The minimum Gasteiger partial charge on any atom is -0.352 e. The van der Waals surface area contributed by atoms with E-state index in [9.17, 15) is 9.59 Å². The fourth-order valence-electron chi connectivity index (χ4n) is 1.40. The monoisotopic (exact) mass is 334 g/mol. The lowest BCUT2D eigenvalue weighted by Gasteiger charge is -2.06. The second-order valence-electron chi connectivity index (χ2n) is 3.45. The number of H-pyrrole nitrogens is 1. The van der Waals surface area contributed by atoms with Crippen LogP contribution in [0.5, 0.6) is 0 Å². The number of pyridine rings is 1. The van der Waals surface area contributed by atoms with Crippen LogP contribution in [-0.2, 0) is 6.42 Å². The van der Waals surface area contributed by atoms with Crippen molar-refractivity contribution in [2.75, 3.05) is 6.54 Å². The Morgan fingerprint density at radius 1 is 1.50 bits per heavy atom. The van der Waals surface area contributed by atoms with Gasteiger partial charge in [0.1, 0.15) is 5.56 Å². The third-order valence-corrected chi connectivity index (χ3v) is 3.11. The van der Waals surface area contributed by atoms with Crippen LogP contribution < -0.4 is 10.9 Å². The van der Waals surface area contributed by atoms with Gasteiger partial charge in [0.25, 0.3) is 11.5 Å². The molecule has 0 aliphatic rings. The molecule has 0 fully saturated rings. The molecular formula is C11H15IN2O2. The summed E-state index contributed by atoms with van der Waals surface area (Å²) in [5.74, 6) is -0.315. The van der Waals surface area contributed by atoms with Gasteiger partial charge in [-0.15, -0.1) is 0 Å². The highest BCUT2D eigenvalue weighted by atomic mass is 127. The molecule has 88 valence electrons. The van der Waals surface area contributed by atoms with Crippen LogP contribution in [0.25, 0.3) is 0 Å². The van der Waals surface area contributed by atoms with E-state index in [1.807, 2.05) is 13.8 Å². The van der Waals surface area contributed by atoms with Gasteiger partial charge in [-0.3, -0.25) is 9.59 Å². The molecule has 4 nitrogen and oxygen atoms in total. The number of halogens is 1. The Hall–Kier alpha value is -0.850. The highest BCUT2D eigenvalue weighted by Crippen LogP contribution is 2.11. The van der Waals surface area contributed by atoms with E-state index in [2.05, 4.69) is 32.9 Å². The van der Waals surface area contributed by atoms with Crippen molar-refractivity contribution in [2.24, 2.45) is 0 Å². The molecule has 0 saturated carbocycles. The SMILES string of the molecule is CCCc1[nH]c(=O)c(C(=O)NCC)cc1I. The van der Waals surface area contributed by atoms with Crippen molar-refractivity contribution < 1.29 is 4.79 Å². The molecule has 0 saturated heterocycles. The van der Waals surface area contributed by atoms with Crippen LogP contribution in [0.2, 0.25) is 0 Å². The lowest BCUT2D eigenvalue weighted by molar-refractivity contribution is 0.0954. The van der Waals surface area contributed by atoms with E-state index in [1.54, 1.807) is 6.07 Å². The minimum atomic E-state index is -0.315. The molecular weight excluding hydrogens is 319 g/mol. The van der Waals surface area contributed by atoms with E-state index in [0.29, 0.717) is 6.54 Å². The van der Waals surface area contributed by atoms with Crippen LogP contribution in [0, 0.1) is 3.57 Å². The van der Waals surface area contributed by atoms with Crippen LogP contribution in [0.4, 0.5) is 0 Å². The summed E-state index contributed by atoms with van der Waals surface area (Å²) in [6.45, 7) is 4.39. The average molecular weight is 334 g/mol. The van der Waals surface area contributed by atoms with Crippen molar-refractivity contribution in [3.05, 3.63) is 31.2 Å². The Labute approximate surface area is 108 Å². The van der Waals surface area contributed by atoms with E-state index in [0.717, 1.165) is 22.1 Å². The molecule has 0 aliphatic carbocycles. The molecule has 16 heavy (non-hydrogen) atoms. The zero-order valence-corrected chi connectivity index (χ0v) is 11.6. The normalized spacial score (nSPS) is 10.2. The number of carbonyl (C=O) groups excluding carboxylic acids is 1. The maximum atomic E-state index is 11.7. The summed E-state index contributed by atoms with van der Waals surface area (Å²) in [6.07, 6.45) is 1.79. The number of rotatable bonds is 4. The highest BCUT2D eigenvalue weighted by Gasteiger charge is 2.12. The lowest BCUT2D eigenvalue weighted by Crippen LogP contribution is -2.30. The molecule has 1 rings (SSSR count). The molecule has 2 N–H and O–H groups in total. The summed E-state index contributed by atoms with van der Waals surface area (Å²) in [5, 5.41) is 2.62. The standard InChI is InChI=1S/C11H15IN2O2/c1-3-5-9-8(12)6-7(11(16)14-9)10(15)13-4-2/h6H,3-5H2,1-2H3,(H,13,15)(H,14,16). The van der Waals surface area contributed by atoms with Crippen molar-refractivity contribution in [3.63, 3.8) is 0 Å². The number of carbonyl (C=O) groups is 1. The highest BCUT2D eigenvalue weighted by molar-refractivity contribution is 14.1. The topological polar surface area (TPSA) is 62.0 Å². The zero-order valence-electron chi connectivity index (χ0n) is 9.39. The minimum absolute atomic E-state index is 0.186. The third kappa shape index (κ3) is 3.07. The smallest absolute Gasteiger partial charge is 0.261 e. The van der Waals surface area contributed by atoms with Crippen LogP contribution in [0.1, 0.15) is 36.3 Å². The van der Waals surface area contributed by atoms with Gasteiger partial charge < -0.3 is 10.3 Å². The van der Waals surface area contributed by atoms with Gasteiger partial charge in [0.05, 0.1) is 0 Å². The molecule has 0 aliphatic heterocycles. The Bertz CT molecular complexity index is 440. The van der Waals surface area contributed by atoms with Crippen molar-refractivity contribution >= 4 is 28.5 Å². The number of aromatic nitrogens is 1. The van der Waals surface area contributed by atoms with Crippen molar-refractivity contribution in [2.45, 2.75) is 26.7 Å². The van der Waals surface area contributed by atoms with Gasteiger partial charge in [-0.2, -0.15) is 0 Å². The van der Waals surface area contributed by atoms with Gasteiger partial charge in [0.2, 0.25) is 0 Å². The van der Waals surface area contributed by atoms with Crippen LogP contribution in [0.3, 0.4) is 0 Å². The summed E-state index contributed by atoms with van der Waals surface area (Å²) in [4.78, 5) is 26.0. The predicted octanol–water partition coefficient (Wildman–Crippen LogP) is 1.68. The van der Waals surface area contributed by atoms with E-state index in [-0.39, 0.29) is 17.0 Å². The Kier molecular flexibility index (Phi) is 4.98. The van der Waals surface area contributed by atoms with E-state index < -0.39 is 0 Å². The maximum absolute atomic E-state index is 11.7. The molecule has 1 aromatic rings. The molecule has 5 heteroatoms. The molecule has 0 radical (unpaired) electrons. The molecule has 0 aromatic carbocycles. The number of hydrogen-bond donors (Lipinski definition) is 2. The molecule has 0 unspecified atom stereocenters. The first kappa shape index (κ1) is 13.2. The number of nitrogens with one attached hydrogen (secondary N) is 2. The van der Waals surface area contributed by atoms with Gasteiger partial charge in [0.15, 0.2) is 0 Å². The largest absolute Gasteiger partial charge is 0.352 e. The number of aryl methyl sites for hydroxylation is 1. The summed E-state index contributed by atoms with van der Waals surface area (Å²) < 4.78 is 0.931. The van der Waals surface area contributed by atoms with Gasteiger partial charge in [-0.25, -0.2) is 0 Å². The van der Waals surface area contributed by atoms with E-state index in [1.165, 1.54) is 0 Å². The molecule has 1 aromatic heterocycles. The van der Waals surface area contributed by atoms with Crippen LogP contribution >= 0.6 is 22.6 Å². The van der Waals surface area contributed by atoms with Gasteiger partial charge >= 0.3 is 0 Å². The molecule has 0 atom stereocenters. The fourth-order valence-corrected chi connectivity index (χ4v) is 2.12. The summed E-state index contributed by atoms with van der Waals surface area (Å²) >= 11 is 2.14. The molecule has 1 heterocycles. The number of amides is 1. The lowest BCUT2D eigenvalue weighted by atomic mass is 10.2. The third-order valence-electron chi connectivity index (χ3n) is 2.15. The van der Waals surface area contributed by atoms with Crippen molar-refractivity contribution in [1.29, 1.82) is 0 Å². The quantitative estimate of drug-likeness (QED) is 0.823. The second kappa shape index (κ2) is 6.03. The first-order valence-electron chi connectivity index (χ1n) is 5.30. The van der Waals surface area contributed by atoms with E-state index >= 15 is 0 Å².